The van der Waals surface area contributed by atoms with Crippen molar-refractivity contribution in [3.63, 3.8) is 0 Å². The standard InChI is InChI=1S/C17H25ClN2O.C2H2O4/c1-17(2,3)11-21-14-7-6-13-15(16(14)18)12(10-19-13)8-9-20(4)5;3-1(4)2(5)6/h6-7,10,19H,8-9,11H2,1-5H3;(H,3,4)(H,5,6). The molecular weight excluding hydrogens is 372 g/mol. The van der Waals surface area contributed by atoms with Crippen LogP contribution in [0.2, 0.25) is 5.02 Å². The Kier molecular flexibility index (Phi) is 8.12. The van der Waals surface area contributed by atoms with Gasteiger partial charge in [0.15, 0.2) is 0 Å². The van der Waals surface area contributed by atoms with Crippen molar-refractivity contribution in [3.05, 3.63) is 28.9 Å². The zero-order valence-electron chi connectivity index (χ0n) is 16.3. The van der Waals surface area contributed by atoms with Gasteiger partial charge in [-0.1, -0.05) is 32.4 Å². The summed E-state index contributed by atoms with van der Waals surface area (Å²) in [5.74, 6) is -2.88. The molecule has 0 aliphatic heterocycles. The fourth-order valence-corrected chi connectivity index (χ4v) is 2.52. The summed E-state index contributed by atoms with van der Waals surface area (Å²) in [7, 11) is 4.16. The molecule has 0 unspecified atom stereocenters. The molecule has 1 heterocycles. The maximum atomic E-state index is 9.10. The van der Waals surface area contributed by atoms with Crippen LogP contribution in [0.25, 0.3) is 10.9 Å². The Morgan fingerprint density at radius 3 is 2.26 bits per heavy atom. The van der Waals surface area contributed by atoms with Crippen molar-refractivity contribution in [2.45, 2.75) is 27.2 Å². The number of carbonyl (C=O) groups is 2. The minimum Gasteiger partial charge on any atom is -0.491 e. The summed E-state index contributed by atoms with van der Waals surface area (Å²) in [6.45, 7) is 8.10. The number of nitrogens with one attached hydrogen (secondary N) is 1. The third kappa shape index (κ3) is 7.48. The SMILES string of the molecule is CN(C)CCc1c[nH]c2ccc(OCC(C)(C)C)c(Cl)c12.O=C(O)C(=O)O. The predicted molar refractivity (Wildman–Crippen MR) is 106 cm³/mol. The third-order valence-corrected chi connectivity index (χ3v) is 3.88. The molecule has 0 fully saturated rings. The molecule has 0 amide bonds. The Morgan fingerprint density at radius 2 is 1.78 bits per heavy atom. The number of aromatic nitrogens is 1. The summed E-state index contributed by atoms with van der Waals surface area (Å²) < 4.78 is 5.90. The highest BCUT2D eigenvalue weighted by atomic mass is 35.5. The zero-order valence-corrected chi connectivity index (χ0v) is 17.1. The van der Waals surface area contributed by atoms with E-state index in [0.717, 1.165) is 29.6 Å². The Balaban J connectivity index is 0.000000527. The van der Waals surface area contributed by atoms with Crippen LogP contribution in [0.4, 0.5) is 0 Å². The third-order valence-electron chi connectivity index (χ3n) is 3.50. The Labute approximate surface area is 163 Å². The average Bonchev–Trinajstić information content (AvgIpc) is 2.96. The molecule has 1 aromatic carbocycles. The summed E-state index contributed by atoms with van der Waals surface area (Å²) in [6, 6.07) is 3.99. The van der Waals surface area contributed by atoms with Gasteiger partial charge >= 0.3 is 11.9 Å². The van der Waals surface area contributed by atoms with E-state index in [2.05, 4.69) is 44.8 Å². The van der Waals surface area contributed by atoms with Crippen LogP contribution in [0, 0.1) is 5.41 Å². The van der Waals surface area contributed by atoms with Gasteiger partial charge in [0.1, 0.15) is 5.75 Å². The van der Waals surface area contributed by atoms with Gasteiger partial charge in [0.05, 0.1) is 11.6 Å². The number of hydrogen-bond donors (Lipinski definition) is 3. The minimum atomic E-state index is -1.82. The fraction of sp³-hybridized carbons (Fsp3) is 0.474. The number of benzene rings is 1. The van der Waals surface area contributed by atoms with Gasteiger partial charge in [-0.3, -0.25) is 0 Å². The lowest BCUT2D eigenvalue weighted by Gasteiger charge is -2.19. The molecule has 7 nitrogen and oxygen atoms in total. The van der Waals surface area contributed by atoms with E-state index in [4.69, 9.17) is 36.1 Å². The number of nitrogens with zero attached hydrogens (tertiary/aromatic N) is 1. The van der Waals surface area contributed by atoms with E-state index in [1.54, 1.807) is 0 Å². The van der Waals surface area contributed by atoms with E-state index >= 15 is 0 Å². The molecule has 2 rings (SSSR count). The minimum absolute atomic E-state index is 0.115. The van der Waals surface area contributed by atoms with Gasteiger partial charge in [-0.05, 0) is 43.6 Å². The largest absolute Gasteiger partial charge is 0.491 e. The summed E-state index contributed by atoms with van der Waals surface area (Å²) in [6.07, 6.45) is 3.02. The van der Waals surface area contributed by atoms with Gasteiger partial charge in [0.2, 0.25) is 0 Å². The number of hydrogen-bond acceptors (Lipinski definition) is 4. The van der Waals surface area contributed by atoms with E-state index in [1.165, 1.54) is 5.56 Å². The topological polar surface area (TPSA) is 103 Å². The number of aliphatic carboxylic acids is 2. The smallest absolute Gasteiger partial charge is 0.414 e. The first kappa shape index (κ1) is 22.8. The summed E-state index contributed by atoms with van der Waals surface area (Å²) in [4.78, 5) is 23.7. The molecule has 0 aliphatic carbocycles. The van der Waals surface area contributed by atoms with Crippen LogP contribution in [0.1, 0.15) is 26.3 Å². The molecule has 3 N–H and O–H groups in total. The molecule has 0 bridgehead atoms. The Morgan fingerprint density at radius 1 is 1.19 bits per heavy atom. The highest BCUT2D eigenvalue weighted by Crippen LogP contribution is 2.35. The van der Waals surface area contributed by atoms with Gasteiger partial charge in [-0.2, -0.15) is 0 Å². The lowest BCUT2D eigenvalue weighted by Crippen LogP contribution is -2.17. The summed E-state index contributed by atoms with van der Waals surface area (Å²) in [5.41, 5.74) is 2.42. The van der Waals surface area contributed by atoms with Gasteiger partial charge < -0.3 is 24.8 Å². The Hall–Kier alpha value is -2.25. The first-order valence-corrected chi connectivity index (χ1v) is 8.82. The van der Waals surface area contributed by atoms with E-state index in [-0.39, 0.29) is 5.41 Å². The highest BCUT2D eigenvalue weighted by Gasteiger charge is 2.16. The lowest BCUT2D eigenvalue weighted by molar-refractivity contribution is -0.159. The van der Waals surface area contributed by atoms with Gasteiger partial charge in [-0.15, -0.1) is 0 Å². The molecule has 2 aromatic rings. The van der Waals surface area contributed by atoms with Crippen LogP contribution in [0.15, 0.2) is 18.3 Å². The van der Waals surface area contributed by atoms with Crippen molar-refractivity contribution in [1.82, 2.24) is 9.88 Å². The van der Waals surface area contributed by atoms with Crippen molar-refractivity contribution in [1.29, 1.82) is 0 Å². The van der Waals surface area contributed by atoms with Crippen LogP contribution in [-0.4, -0.2) is 59.3 Å². The molecule has 0 saturated heterocycles. The number of fused-ring (bicyclic) bond motifs is 1. The van der Waals surface area contributed by atoms with Crippen LogP contribution >= 0.6 is 11.6 Å². The average molecular weight is 399 g/mol. The maximum absolute atomic E-state index is 9.10. The first-order valence-electron chi connectivity index (χ1n) is 8.44. The molecule has 150 valence electrons. The van der Waals surface area contributed by atoms with Crippen LogP contribution in [0.5, 0.6) is 5.75 Å². The van der Waals surface area contributed by atoms with Crippen molar-refractivity contribution < 1.29 is 24.5 Å². The fourth-order valence-electron chi connectivity index (χ4n) is 2.18. The molecule has 0 spiro atoms. The first-order chi connectivity index (χ1) is 12.4. The van der Waals surface area contributed by atoms with Crippen molar-refractivity contribution in [3.8, 4) is 5.75 Å². The van der Waals surface area contributed by atoms with Crippen LogP contribution < -0.4 is 4.74 Å². The van der Waals surface area contributed by atoms with E-state index < -0.39 is 11.9 Å². The second-order valence-corrected chi connectivity index (χ2v) is 8.01. The number of halogens is 1. The number of likely N-dealkylation sites (N-methyl/N-ethyl adjacent to an activating group) is 1. The van der Waals surface area contributed by atoms with Gasteiger partial charge in [0.25, 0.3) is 0 Å². The van der Waals surface area contributed by atoms with Crippen molar-refractivity contribution >= 4 is 34.4 Å². The number of carboxylic acids is 2. The maximum Gasteiger partial charge on any atom is 0.414 e. The number of ether oxygens (including phenoxy) is 1. The highest BCUT2D eigenvalue weighted by molar-refractivity contribution is 6.37. The van der Waals surface area contributed by atoms with Gasteiger partial charge in [0, 0.05) is 23.6 Å². The van der Waals surface area contributed by atoms with Gasteiger partial charge in [-0.25, -0.2) is 9.59 Å². The van der Waals surface area contributed by atoms with Crippen molar-refractivity contribution in [2.24, 2.45) is 5.41 Å². The molecule has 0 atom stereocenters. The molecule has 0 aliphatic rings. The Bertz CT molecular complexity index is 781. The second-order valence-electron chi connectivity index (χ2n) is 7.63. The monoisotopic (exact) mass is 398 g/mol. The van der Waals surface area contributed by atoms with E-state index in [1.807, 2.05) is 18.3 Å². The van der Waals surface area contributed by atoms with Crippen LogP contribution in [0.3, 0.4) is 0 Å². The summed E-state index contributed by atoms with van der Waals surface area (Å²) in [5, 5.41) is 16.6. The number of rotatable bonds is 5. The summed E-state index contributed by atoms with van der Waals surface area (Å²) >= 11 is 6.57. The molecule has 8 heteroatoms. The lowest BCUT2D eigenvalue weighted by atomic mass is 9.99. The molecular formula is C19H27ClN2O5. The molecule has 1 aromatic heterocycles. The van der Waals surface area contributed by atoms with E-state index in [9.17, 15) is 0 Å². The molecule has 27 heavy (non-hydrogen) atoms. The van der Waals surface area contributed by atoms with E-state index in [0.29, 0.717) is 11.6 Å². The zero-order chi connectivity index (χ0) is 20.8. The normalized spacial score (nSPS) is 11.2. The number of H-pyrrole nitrogens is 1. The molecule has 0 radical (unpaired) electrons. The molecule has 0 saturated carbocycles. The second kappa shape index (κ2) is 9.62. The predicted octanol–water partition coefficient (Wildman–Crippen LogP) is 3.51. The quantitative estimate of drug-likeness (QED) is 0.666. The number of aromatic amines is 1. The van der Waals surface area contributed by atoms with Crippen LogP contribution in [-0.2, 0) is 16.0 Å². The van der Waals surface area contributed by atoms with Crippen molar-refractivity contribution in [2.75, 3.05) is 27.2 Å². The number of carboxylic acid groups (broad SMARTS) is 2.